The summed E-state index contributed by atoms with van der Waals surface area (Å²) in [7, 11) is 0. The molecular formula is C19H28N4O. The molecule has 1 aromatic heterocycles. The Kier molecular flexibility index (Phi) is 3.76. The van der Waals surface area contributed by atoms with E-state index in [9.17, 15) is 4.79 Å². The van der Waals surface area contributed by atoms with Crippen molar-refractivity contribution >= 4 is 0 Å². The summed E-state index contributed by atoms with van der Waals surface area (Å²) in [5.74, 6) is 1.20. The number of nitrogens with one attached hydrogen (secondary N) is 1. The third-order valence-electron chi connectivity index (χ3n) is 6.58. The molecule has 2 atom stereocenters. The lowest BCUT2D eigenvalue weighted by atomic mass is 9.82. The minimum absolute atomic E-state index is 0.285. The summed E-state index contributed by atoms with van der Waals surface area (Å²) in [6, 6.07) is 5.11. The smallest absolute Gasteiger partial charge is 0.255 e. The van der Waals surface area contributed by atoms with E-state index in [1.165, 1.54) is 31.5 Å². The van der Waals surface area contributed by atoms with Gasteiger partial charge in [0.1, 0.15) is 0 Å². The third kappa shape index (κ3) is 2.54. The summed E-state index contributed by atoms with van der Waals surface area (Å²) < 4.78 is 2.13. The number of aromatic nitrogens is 1. The van der Waals surface area contributed by atoms with Crippen LogP contribution in [0, 0.1) is 5.92 Å². The van der Waals surface area contributed by atoms with Gasteiger partial charge in [0.15, 0.2) is 0 Å². The molecule has 5 nitrogen and oxygen atoms in total. The highest BCUT2D eigenvalue weighted by atomic mass is 16.1. The monoisotopic (exact) mass is 328 g/mol. The second kappa shape index (κ2) is 5.97. The highest BCUT2D eigenvalue weighted by molar-refractivity contribution is 5.22. The zero-order valence-corrected chi connectivity index (χ0v) is 14.4. The van der Waals surface area contributed by atoms with Crippen LogP contribution in [0.25, 0.3) is 0 Å². The molecule has 24 heavy (non-hydrogen) atoms. The molecule has 3 saturated heterocycles. The Morgan fingerprint density at radius 1 is 1.08 bits per heavy atom. The highest BCUT2D eigenvalue weighted by Crippen LogP contribution is 2.36. The Bertz CT molecular complexity index is 674. The fraction of sp³-hybridized carbons (Fsp3) is 0.737. The average molecular weight is 328 g/mol. The number of hydrogen-bond donors (Lipinski definition) is 1. The van der Waals surface area contributed by atoms with Crippen molar-refractivity contribution in [1.82, 2.24) is 19.7 Å². The molecule has 0 saturated carbocycles. The molecule has 4 aliphatic rings. The van der Waals surface area contributed by atoms with Crippen molar-refractivity contribution < 1.29 is 0 Å². The number of piperidine rings is 1. The van der Waals surface area contributed by atoms with Crippen molar-refractivity contribution in [3.63, 3.8) is 0 Å². The van der Waals surface area contributed by atoms with Gasteiger partial charge in [-0.1, -0.05) is 6.07 Å². The minimum Gasteiger partial charge on any atom is -0.314 e. The van der Waals surface area contributed by atoms with Crippen LogP contribution in [0.1, 0.15) is 36.4 Å². The van der Waals surface area contributed by atoms with Crippen LogP contribution >= 0.6 is 0 Å². The summed E-state index contributed by atoms with van der Waals surface area (Å²) in [5.41, 5.74) is 2.58. The molecule has 0 unspecified atom stereocenters. The van der Waals surface area contributed by atoms with Crippen LogP contribution in [0.5, 0.6) is 0 Å². The van der Waals surface area contributed by atoms with E-state index in [0.29, 0.717) is 11.8 Å². The number of fused-ring (bicyclic) bond motifs is 4. The van der Waals surface area contributed by atoms with Gasteiger partial charge in [0.05, 0.1) is 0 Å². The quantitative estimate of drug-likeness (QED) is 0.892. The van der Waals surface area contributed by atoms with E-state index in [2.05, 4.69) is 31.8 Å². The summed E-state index contributed by atoms with van der Waals surface area (Å²) in [6.07, 6.45) is 3.83. The van der Waals surface area contributed by atoms with Gasteiger partial charge >= 0.3 is 0 Å². The standard InChI is InChI=1S/C19H28N4O/c24-19-15(12-21-5-1-2-6-21)3-4-18-16-7-14(11-23(18)19)10-22(13-16)17-8-20-9-17/h3-4,14,16-17,20H,1-2,5-13H2/t14-,16+/m0/s1. The van der Waals surface area contributed by atoms with Crippen molar-refractivity contribution in [3.8, 4) is 0 Å². The van der Waals surface area contributed by atoms with Gasteiger partial charge in [-0.25, -0.2) is 0 Å². The fourth-order valence-corrected chi connectivity index (χ4v) is 5.16. The van der Waals surface area contributed by atoms with Crippen LogP contribution in [0.3, 0.4) is 0 Å². The van der Waals surface area contributed by atoms with Crippen LogP contribution in [-0.2, 0) is 13.1 Å². The SMILES string of the molecule is O=c1c(CN2CCCC2)ccc2n1C[C@H]1C[C@@H]2CN(C2CNC2)C1. The fourth-order valence-electron chi connectivity index (χ4n) is 5.16. The molecule has 4 aliphatic heterocycles. The Labute approximate surface area is 143 Å². The van der Waals surface area contributed by atoms with E-state index >= 15 is 0 Å². The number of pyridine rings is 1. The number of hydrogen-bond acceptors (Lipinski definition) is 4. The lowest BCUT2D eigenvalue weighted by molar-refractivity contribution is 0.0585. The van der Waals surface area contributed by atoms with Crippen molar-refractivity contribution in [2.24, 2.45) is 5.92 Å². The first-order valence-corrected chi connectivity index (χ1v) is 9.67. The van der Waals surface area contributed by atoms with Crippen molar-refractivity contribution in [1.29, 1.82) is 0 Å². The predicted molar refractivity (Wildman–Crippen MR) is 94.3 cm³/mol. The van der Waals surface area contributed by atoms with Crippen LogP contribution in [0.4, 0.5) is 0 Å². The largest absolute Gasteiger partial charge is 0.314 e. The first-order valence-electron chi connectivity index (χ1n) is 9.67. The molecule has 2 bridgehead atoms. The molecule has 0 aliphatic carbocycles. The molecule has 3 fully saturated rings. The molecule has 0 spiro atoms. The van der Waals surface area contributed by atoms with Gasteiger partial charge in [0, 0.05) is 62.5 Å². The lowest BCUT2D eigenvalue weighted by Crippen LogP contribution is -2.61. The minimum atomic E-state index is 0.285. The molecule has 1 N–H and O–H groups in total. The van der Waals surface area contributed by atoms with E-state index in [1.807, 2.05) is 0 Å². The van der Waals surface area contributed by atoms with Gasteiger partial charge in [-0.3, -0.25) is 14.6 Å². The van der Waals surface area contributed by atoms with E-state index in [4.69, 9.17) is 0 Å². The van der Waals surface area contributed by atoms with Crippen molar-refractivity contribution in [2.45, 2.75) is 44.3 Å². The lowest BCUT2D eigenvalue weighted by Gasteiger charge is -2.48. The van der Waals surface area contributed by atoms with Gasteiger partial charge in [0.25, 0.3) is 5.56 Å². The molecule has 5 heteroatoms. The van der Waals surface area contributed by atoms with Crippen molar-refractivity contribution in [2.75, 3.05) is 39.3 Å². The predicted octanol–water partition coefficient (Wildman–Crippen LogP) is 0.835. The zero-order chi connectivity index (χ0) is 16.1. The first kappa shape index (κ1) is 15.1. The van der Waals surface area contributed by atoms with Crippen LogP contribution in [-0.4, -0.2) is 59.7 Å². The van der Waals surface area contributed by atoms with E-state index in [1.54, 1.807) is 0 Å². The van der Waals surface area contributed by atoms with Gasteiger partial charge < -0.3 is 9.88 Å². The molecule has 5 rings (SSSR count). The summed E-state index contributed by atoms with van der Waals surface area (Å²) >= 11 is 0. The first-order chi connectivity index (χ1) is 11.8. The van der Waals surface area contributed by atoms with Crippen LogP contribution < -0.4 is 10.9 Å². The average Bonchev–Trinajstić information content (AvgIpc) is 3.02. The molecule has 130 valence electrons. The van der Waals surface area contributed by atoms with Crippen molar-refractivity contribution in [3.05, 3.63) is 33.7 Å². The third-order valence-corrected chi connectivity index (χ3v) is 6.58. The summed E-state index contributed by atoms with van der Waals surface area (Å²) in [5, 5.41) is 3.39. The number of rotatable bonds is 3. The second-order valence-corrected chi connectivity index (χ2v) is 8.25. The maximum atomic E-state index is 13.0. The second-order valence-electron chi connectivity index (χ2n) is 8.25. The number of likely N-dealkylation sites (tertiary alicyclic amines) is 2. The topological polar surface area (TPSA) is 40.5 Å². The summed E-state index contributed by atoms with van der Waals surface area (Å²) in [6.45, 7) is 8.65. The Hall–Kier alpha value is -1.17. The molecule has 0 amide bonds. The molecule has 1 aromatic rings. The van der Waals surface area contributed by atoms with Gasteiger partial charge in [-0.15, -0.1) is 0 Å². The van der Waals surface area contributed by atoms with Gasteiger partial charge in [0.2, 0.25) is 0 Å². The van der Waals surface area contributed by atoms with Crippen LogP contribution in [0.15, 0.2) is 16.9 Å². The Balaban J connectivity index is 1.40. The Morgan fingerprint density at radius 2 is 1.92 bits per heavy atom. The Morgan fingerprint density at radius 3 is 2.67 bits per heavy atom. The molecule has 0 aromatic carbocycles. The molecule has 5 heterocycles. The maximum absolute atomic E-state index is 13.0. The summed E-state index contributed by atoms with van der Waals surface area (Å²) in [4.78, 5) is 18.1. The highest BCUT2D eigenvalue weighted by Gasteiger charge is 2.38. The van der Waals surface area contributed by atoms with E-state index in [0.717, 1.165) is 57.4 Å². The molecule has 0 radical (unpaired) electrons. The zero-order valence-electron chi connectivity index (χ0n) is 14.4. The van der Waals surface area contributed by atoms with E-state index in [-0.39, 0.29) is 5.56 Å². The number of nitrogens with zero attached hydrogens (tertiary/aromatic N) is 3. The van der Waals surface area contributed by atoms with E-state index < -0.39 is 0 Å². The van der Waals surface area contributed by atoms with Gasteiger partial charge in [-0.05, 0) is 44.3 Å². The van der Waals surface area contributed by atoms with Gasteiger partial charge in [-0.2, -0.15) is 0 Å². The normalized spacial score (nSPS) is 31.0. The molecular weight excluding hydrogens is 300 g/mol. The van der Waals surface area contributed by atoms with Crippen LogP contribution in [0.2, 0.25) is 0 Å². The maximum Gasteiger partial charge on any atom is 0.255 e.